The molecule has 0 unspecified atom stereocenters. The van der Waals surface area contributed by atoms with E-state index in [4.69, 9.17) is 9.47 Å². The van der Waals surface area contributed by atoms with Crippen LogP contribution in [-0.2, 0) is 19.4 Å². The van der Waals surface area contributed by atoms with Crippen molar-refractivity contribution in [2.24, 2.45) is 4.99 Å². The summed E-state index contributed by atoms with van der Waals surface area (Å²) in [6, 6.07) is 12.4. The number of ether oxygens (including phenoxy) is 2. The van der Waals surface area contributed by atoms with Gasteiger partial charge in [-0.25, -0.2) is 9.07 Å². The van der Waals surface area contributed by atoms with Crippen LogP contribution in [0.25, 0.3) is 5.69 Å². The molecule has 0 saturated heterocycles. The minimum atomic E-state index is -0.255. The standard InChI is InChI=1S/C24H28FN5O2/c1-26-24(29-12-9-17-14-22(31-2)23(32-3)15-18(17)16-29)27-11-8-20-10-13-30(28-20)21-6-4-19(25)5-7-21/h4-7,10,13-15H,8-9,11-12,16H2,1-3H3,(H,26,27). The Bertz CT molecular complexity index is 1090. The van der Waals surface area contributed by atoms with E-state index < -0.39 is 0 Å². The van der Waals surface area contributed by atoms with E-state index in [2.05, 4.69) is 32.4 Å². The summed E-state index contributed by atoms with van der Waals surface area (Å²) in [7, 11) is 5.12. The van der Waals surface area contributed by atoms with E-state index in [-0.39, 0.29) is 5.82 Å². The zero-order valence-electron chi connectivity index (χ0n) is 18.6. The second-order valence-electron chi connectivity index (χ2n) is 7.60. The van der Waals surface area contributed by atoms with Crippen LogP contribution in [0.1, 0.15) is 16.8 Å². The molecular weight excluding hydrogens is 409 g/mol. The fourth-order valence-electron chi connectivity index (χ4n) is 3.93. The summed E-state index contributed by atoms with van der Waals surface area (Å²) < 4.78 is 25.8. The molecule has 0 spiro atoms. The number of nitrogens with one attached hydrogen (secondary N) is 1. The van der Waals surface area contributed by atoms with Crippen molar-refractivity contribution in [2.75, 3.05) is 34.4 Å². The van der Waals surface area contributed by atoms with Crippen molar-refractivity contribution >= 4 is 5.96 Å². The van der Waals surface area contributed by atoms with Gasteiger partial charge in [-0.1, -0.05) is 0 Å². The topological polar surface area (TPSA) is 63.9 Å². The number of fused-ring (bicyclic) bond motifs is 1. The largest absolute Gasteiger partial charge is 0.493 e. The fraction of sp³-hybridized carbons (Fsp3) is 0.333. The molecule has 1 aliphatic rings. The second-order valence-corrected chi connectivity index (χ2v) is 7.60. The number of benzene rings is 2. The highest BCUT2D eigenvalue weighted by atomic mass is 19.1. The van der Waals surface area contributed by atoms with E-state index in [0.717, 1.165) is 54.8 Å². The number of hydrogen-bond acceptors (Lipinski definition) is 4. The number of rotatable bonds is 6. The molecule has 0 aliphatic carbocycles. The molecule has 2 aromatic carbocycles. The van der Waals surface area contributed by atoms with Gasteiger partial charge in [0.1, 0.15) is 5.82 Å². The summed E-state index contributed by atoms with van der Waals surface area (Å²) in [4.78, 5) is 6.71. The van der Waals surface area contributed by atoms with Gasteiger partial charge in [0, 0.05) is 39.3 Å². The van der Waals surface area contributed by atoms with Gasteiger partial charge in [0.25, 0.3) is 0 Å². The highest BCUT2D eigenvalue weighted by molar-refractivity contribution is 5.80. The molecule has 1 aromatic heterocycles. The maximum Gasteiger partial charge on any atom is 0.193 e. The predicted octanol–water partition coefficient (Wildman–Crippen LogP) is 3.20. The number of halogens is 1. The molecule has 1 N–H and O–H groups in total. The summed E-state index contributed by atoms with van der Waals surface area (Å²) in [5.41, 5.74) is 4.29. The van der Waals surface area contributed by atoms with Crippen LogP contribution in [0.2, 0.25) is 0 Å². The lowest BCUT2D eigenvalue weighted by Gasteiger charge is -2.32. The van der Waals surface area contributed by atoms with E-state index in [9.17, 15) is 4.39 Å². The lowest BCUT2D eigenvalue weighted by Crippen LogP contribution is -2.44. The van der Waals surface area contributed by atoms with Gasteiger partial charge in [-0.15, -0.1) is 0 Å². The Kier molecular flexibility index (Phi) is 6.58. The monoisotopic (exact) mass is 437 g/mol. The molecule has 7 nitrogen and oxygen atoms in total. The van der Waals surface area contributed by atoms with Gasteiger partial charge in [0.05, 0.1) is 25.6 Å². The van der Waals surface area contributed by atoms with E-state index in [1.807, 2.05) is 12.3 Å². The molecular formula is C24H28FN5O2. The number of nitrogens with zero attached hydrogens (tertiary/aromatic N) is 4. The molecule has 3 aromatic rings. The lowest BCUT2D eigenvalue weighted by molar-refractivity contribution is 0.346. The van der Waals surface area contributed by atoms with Crippen LogP contribution in [0.15, 0.2) is 53.7 Å². The smallest absolute Gasteiger partial charge is 0.193 e. The van der Waals surface area contributed by atoms with Crippen molar-refractivity contribution in [2.45, 2.75) is 19.4 Å². The van der Waals surface area contributed by atoms with Gasteiger partial charge in [0.15, 0.2) is 17.5 Å². The molecule has 32 heavy (non-hydrogen) atoms. The van der Waals surface area contributed by atoms with Crippen molar-refractivity contribution in [3.05, 3.63) is 71.3 Å². The first-order chi connectivity index (χ1) is 15.6. The maximum absolute atomic E-state index is 13.1. The Morgan fingerprint density at radius 1 is 1.09 bits per heavy atom. The Hall–Kier alpha value is -3.55. The molecule has 168 valence electrons. The number of aliphatic imine (C=N–C) groups is 1. The summed E-state index contributed by atoms with van der Waals surface area (Å²) in [5.74, 6) is 2.12. The molecule has 8 heteroatoms. The SMILES string of the molecule is CN=C(NCCc1ccn(-c2ccc(F)cc2)n1)N1CCc2cc(OC)c(OC)cc2C1. The predicted molar refractivity (Wildman–Crippen MR) is 122 cm³/mol. The summed E-state index contributed by atoms with van der Waals surface area (Å²) >= 11 is 0. The summed E-state index contributed by atoms with van der Waals surface area (Å²) in [6.07, 6.45) is 3.56. The summed E-state index contributed by atoms with van der Waals surface area (Å²) in [5, 5.41) is 8.03. The van der Waals surface area contributed by atoms with Crippen molar-refractivity contribution in [1.82, 2.24) is 20.0 Å². The van der Waals surface area contributed by atoms with Crippen LogP contribution in [0.3, 0.4) is 0 Å². The van der Waals surface area contributed by atoms with Gasteiger partial charge in [0.2, 0.25) is 0 Å². The van der Waals surface area contributed by atoms with Gasteiger partial charge in [-0.2, -0.15) is 5.10 Å². The van der Waals surface area contributed by atoms with Crippen molar-refractivity contribution in [3.8, 4) is 17.2 Å². The minimum Gasteiger partial charge on any atom is -0.493 e. The normalized spacial score (nSPS) is 13.6. The lowest BCUT2D eigenvalue weighted by atomic mass is 9.99. The molecule has 1 aliphatic heterocycles. The molecule has 0 radical (unpaired) electrons. The third kappa shape index (κ3) is 4.69. The number of aromatic nitrogens is 2. The zero-order chi connectivity index (χ0) is 22.5. The van der Waals surface area contributed by atoms with Crippen LogP contribution in [0, 0.1) is 5.82 Å². The molecule has 0 bridgehead atoms. The maximum atomic E-state index is 13.1. The third-order valence-corrected chi connectivity index (χ3v) is 5.63. The first kappa shape index (κ1) is 21.7. The Morgan fingerprint density at radius 2 is 1.81 bits per heavy atom. The average molecular weight is 438 g/mol. The molecule has 2 heterocycles. The first-order valence-electron chi connectivity index (χ1n) is 10.6. The van der Waals surface area contributed by atoms with E-state index >= 15 is 0 Å². The Labute approximate surface area is 187 Å². The fourth-order valence-corrected chi connectivity index (χ4v) is 3.93. The van der Waals surface area contributed by atoms with E-state index in [1.54, 1.807) is 38.1 Å². The molecule has 0 fully saturated rings. The Balaban J connectivity index is 1.35. The van der Waals surface area contributed by atoms with Crippen LogP contribution in [-0.4, -0.2) is 55.0 Å². The van der Waals surface area contributed by atoms with Crippen LogP contribution in [0.4, 0.5) is 4.39 Å². The second kappa shape index (κ2) is 9.72. The van der Waals surface area contributed by atoms with Crippen LogP contribution < -0.4 is 14.8 Å². The molecule has 0 saturated carbocycles. The van der Waals surface area contributed by atoms with E-state index in [1.165, 1.54) is 23.3 Å². The molecule has 0 atom stereocenters. The number of guanidine groups is 1. The van der Waals surface area contributed by atoms with E-state index in [0.29, 0.717) is 6.54 Å². The average Bonchev–Trinajstić information content (AvgIpc) is 3.30. The van der Waals surface area contributed by atoms with Gasteiger partial charge < -0.3 is 19.7 Å². The van der Waals surface area contributed by atoms with Crippen LogP contribution >= 0.6 is 0 Å². The van der Waals surface area contributed by atoms with Gasteiger partial charge >= 0.3 is 0 Å². The van der Waals surface area contributed by atoms with Gasteiger partial charge in [-0.05, 0) is 60.0 Å². The third-order valence-electron chi connectivity index (χ3n) is 5.63. The van der Waals surface area contributed by atoms with Gasteiger partial charge in [-0.3, -0.25) is 4.99 Å². The number of hydrogen-bond donors (Lipinski definition) is 1. The minimum absolute atomic E-state index is 0.255. The Morgan fingerprint density at radius 3 is 2.50 bits per heavy atom. The van der Waals surface area contributed by atoms with Crippen molar-refractivity contribution in [1.29, 1.82) is 0 Å². The zero-order valence-corrected chi connectivity index (χ0v) is 18.6. The summed E-state index contributed by atoms with van der Waals surface area (Å²) in [6.45, 7) is 2.35. The molecule has 4 rings (SSSR count). The number of methoxy groups -OCH3 is 2. The van der Waals surface area contributed by atoms with Crippen LogP contribution in [0.5, 0.6) is 11.5 Å². The highest BCUT2D eigenvalue weighted by Gasteiger charge is 2.21. The quantitative estimate of drug-likeness (QED) is 0.474. The van der Waals surface area contributed by atoms with Crippen molar-refractivity contribution in [3.63, 3.8) is 0 Å². The highest BCUT2D eigenvalue weighted by Crippen LogP contribution is 2.33. The molecule has 0 amide bonds. The first-order valence-corrected chi connectivity index (χ1v) is 10.6. The van der Waals surface area contributed by atoms with Crippen molar-refractivity contribution < 1.29 is 13.9 Å².